The Labute approximate surface area is 138 Å². The van der Waals surface area contributed by atoms with Crippen molar-refractivity contribution in [2.75, 3.05) is 20.1 Å². The molecule has 6 nitrogen and oxygen atoms in total. The van der Waals surface area contributed by atoms with E-state index in [1.165, 1.54) is 18.2 Å². The zero-order valence-electron chi connectivity index (χ0n) is 12.6. The molecule has 23 heavy (non-hydrogen) atoms. The van der Waals surface area contributed by atoms with Crippen LogP contribution in [0.25, 0.3) is 0 Å². The van der Waals surface area contributed by atoms with Gasteiger partial charge in [-0.05, 0) is 19.2 Å². The van der Waals surface area contributed by atoms with Gasteiger partial charge in [-0.25, -0.2) is 9.18 Å². The maximum absolute atomic E-state index is 13.7. The molecule has 2 N–H and O–H groups in total. The zero-order valence-corrected chi connectivity index (χ0v) is 13.4. The number of ether oxygens (including phenoxy) is 1. The minimum atomic E-state index is -1.46. The molecule has 0 aliphatic carbocycles. The number of rotatable bonds is 4. The topological polar surface area (TPSA) is 78.9 Å². The van der Waals surface area contributed by atoms with Gasteiger partial charge >= 0.3 is 6.16 Å². The number of nitrogens with zero attached hydrogens (tertiary/aromatic N) is 1. The Morgan fingerprint density at radius 2 is 2.09 bits per heavy atom. The van der Waals surface area contributed by atoms with Crippen LogP contribution in [0.2, 0.25) is 5.02 Å². The first-order chi connectivity index (χ1) is 10.8. The number of piperidine rings is 1. The highest BCUT2D eigenvalue weighted by molar-refractivity contribution is 6.31. The quantitative estimate of drug-likeness (QED) is 0.647. The third kappa shape index (κ3) is 4.56. The fourth-order valence-electron chi connectivity index (χ4n) is 2.56. The summed E-state index contributed by atoms with van der Waals surface area (Å²) in [6.07, 6.45) is -1.09. The first-order valence-electron chi connectivity index (χ1n) is 7.16. The molecule has 8 heteroatoms. The van der Waals surface area contributed by atoms with E-state index in [0.717, 1.165) is 0 Å². The lowest BCUT2D eigenvalue weighted by atomic mass is 9.99. The van der Waals surface area contributed by atoms with Crippen LogP contribution in [0, 0.1) is 5.82 Å². The Bertz CT molecular complexity index is 583. The molecule has 1 aliphatic rings. The molecule has 0 aromatic heterocycles. The molecule has 0 unspecified atom stereocenters. The molecule has 1 aromatic carbocycles. The molecule has 2 rings (SSSR count). The van der Waals surface area contributed by atoms with Crippen molar-refractivity contribution in [2.24, 2.45) is 0 Å². The Morgan fingerprint density at radius 1 is 1.43 bits per heavy atom. The summed E-state index contributed by atoms with van der Waals surface area (Å²) in [5.41, 5.74) is -1.21. The highest BCUT2D eigenvalue weighted by Gasteiger charge is 2.39. The van der Waals surface area contributed by atoms with E-state index in [4.69, 9.17) is 21.4 Å². The smallest absolute Gasteiger partial charge is 0.450 e. The second-order valence-corrected chi connectivity index (χ2v) is 6.00. The van der Waals surface area contributed by atoms with E-state index in [9.17, 15) is 14.0 Å². The molecule has 1 saturated heterocycles. The SMILES string of the molecule is CN1CCC(NC(=O)Cc2c(F)cccc2Cl)(OC(=O)O)CC1. The number of carbonyl (C=O) groups excluding carboxylic acids is 1. The standard InChI is InChI=1S/C15H18ClFN2O4/c1-19-7-5-15(6-8-19,23-14(21)22)18-13(20)9-10-11(16)3-2-4-12(10)17/h2-4H,5-9H2,1H3,(H,18,20)(H,21,22). The maximum atomic E-state index is 13.7. The van der Waals surface area contributed by atoms with E-state index < -0.39 is 23.6 Å². The minimum absolute atomic E-state index is 0.0741. The molecular formula is C15H18ClFN2O4. The lowest BCUT2D eigenvalue weighted by molar-refractivity contribution is -0.133. The van der Waals surface area contributed by atoms with Crippen molar-refractivity contribution in [3.05, 3.63) is 34.6 Å². The summed E-state index contributed by atoms with van der Waals surface area (Å²) < 4.78 is 18.7. The number of carboxylic acid groups (broad SMARTS) is 1. The van der Waals surface area contributed by atoms with Gasteiger partial charge in [0.15, 0.2) is 5.72 Å². The van der Waals surface area contributed by atoms with Gasteiger partial charge in [-0.2, -0.15) is 0 Å². The summed E-state index contributed by atoms with van der Waals surface area (Å²) in [4.78, 5) is 25.2. The molecule has 1 fully saturated rings. The van der Waals surface area contributed by atoms with Crippen LogP contribution in [-0.4, -0.2) is 47.9 Å². The van der Waals surface area contributed by atoms with Crippen LogP contribution in [0.15, 0.2) is 18.2 Å². The molecular weight excluding hydrogens is 327 g/mol. The number of amides is 1. The first kappa shape index (κ1) is 17.5. The Kier molecular flexibility index (Phi) is 5.43. The second-order valence-electron chi connectivity index (χ2n) is 5.59. The van der Waals surface area contributed by atoms with Gasteiger partial charge in [-0.15, -0.1) is 0 Å². The van der Waals surface area contributed by atoms with E-state index in [2.05, 4.69) is 5.32 Å². The fraction of sp³-hybridized carbons (Fsp3) is 0.467. The van der Waals surface area contributed by atoms with E-state index in [-0.39, 0.29) is 17.0 Å². The van der Waals surface area contributed by atoms with Crippen molar-refractivity contribution in [1.29, 1.82) is 0 Å². The predicted octanol–water partition coefficient (Wildman–Crippen LogP) is 2.25. The molecule has 0 atom stereocenters. The molecule has 126 valence electrons. The van der Waals surface area contributed by atoms with Gasteiger partial charge in [-0.1, -0.05) is 17.7 Å². The van der Waals surface area contributed by atoms with Crippen LogP contribution in [0.4, 0.5) is 9.18 Å². The van der Waals surface area contributed by atoms with Crippen LogP contribution < -0.4 is 5.32 Å². The van der Waals surface area contributed by atoms with Gasteiger partial charge in [0.25, 0.3) is 0 Å². The van der Waals surface area contributed by atoms with Crippen molar-refractivity contribution in [2.45, 2.75) is 25.0 Å². The zero-order chi connectivity index (χ0) is 17.0. The first-order valence-corrected chi connectivity index (χ1v) is 7.53. The largest absolute Gasteiger partial charge is 0.507 e. The summed E-state index contributed by atoms with van der Waals surface area (Å²) in [5, 5.41) is 11.7. The highest BCUT2D eigenvalue weighted by atomic mass is 35.5. The molecule has 1 heterocycles. The minimum Gasteiger partial charge on any atom is -0.450 e. The molecule has 0 saturated carbocycles. The Balaban J connectivity index is 2.10. The van der Waals surface area contributed by atoms with Gasteiger partial charge < -0.3 is 20.1 Å². The van der Waals surface area contributed by atoms with Gasteiger partial charge in [0.1, 0.15) is 5.82 Å². The summed E-state index contributed by atoms with van der Waals surface area (Å²) in [6, 6.07) is 4.16. The van der Waals surface area contributed by atoms with Crippen LogP contribution in [0.1, 0.15) is 18.4 Å². The number of benzene rings is 1. The number of halogens is 2. The lowest BCUT2D eigenvalue weighted by Gasteiger charge is -2.39. The molecule has 0 spiro atoms. The lowest BCUT2D eigenvalue weighted by Crippen LogP contribution is -2.57. The third-order valence-corrected chi connectivity index (χ3v) is 4.20. The van der Waals surface area contributed by atoms with Crippen LogP contribution in [0.3, 0.4) is 0 Å². The average molecular weight is 345 g/mol. The average Bonchev–Trinajstić information content (AvgIpc) is 2.46. The van der Waals surface area contributed by atoms with Gasteiger partial charge in [0.2, 0.25) is 5.91 Å². The van der Waals surface area contributed by atoms with Crippen LogP contribution in [-0.2, 0) is 16.0 Å². The summed E-state index contributed by atoms with van der Waals surface area (Å²) >= 11 is 5.90. The number of likely N-dealkylation sites (tertiary alicyclic amines) is 1. The summed E-state index contributed by atoms with van der Waals surface area (Å²) in [5.74, 6) is -1.12. The Hall–Kier alpha value is -1.86. The van der Waals surface area contributed by atoms with Gasteiger partial charge in [-0.3, -0.25) is 4.79 Å². The fourth-order valence-corrected chi connectivity index (χ4v) is 2.79. The van der Waals surface area contributed by atoms with Gasteiger partial charge in [0.05, 0.1) is 6.42 Å². The highest BCUT2D eigenvalue weighted by Crippen LogP contribution is 2.25. The Morgan fingerprint density at radius 3 is 2.65 bits per heavy atom. The molecule has 1 aliphatic heterocycles. The third-order valence-electron chi connectivity index (χ3n) is 3.84. The molecule has 1 amide bonds. The number of carbonyl (C=O) groups is 2. The second kappa shape index (κ2) is 7.14. The van der Waals surface area contributed by atoms with E-state index in [1.807, 2.05) is 11.9 Å². The van der Waals surface area contributed by atoms with Crippen LogP contribution >= 0.6 is 11.6 Å². The van der Waals surface area contributed by atoms with Crippen molar-refractivity contribution >= 4 is 23.7 Å². The predicted molar refractivity (Wildman–Crippen MR) is 81.8 cm³/mol. The van der Waals surface area contributed by atoms with Crippen LogP contribution in [0.5, 0.6) is 0 Å². The summed E-state index contributed by atoms with van der Waals surface area (Å²) in [6.45, 7) is 1.15. The molecule has 0 bridgehead atoms. The maximum Gasteiger partial charge on any atom is 0.507 e. The van der Waals surface area contributed by atoms with Crippen molar-refractivity contribution in [3.8, 4) is 0 Å². The monoisotopic (exact) mass is 344 g/mol. The number of hydrogen-bond donors (Lipinski definition) is 2. The normalized spacial score (nSPS) is 17.5. The number of hydrogen-bond acceptors (Lipinski definition) is 4. The van der Waals surface area contributed by atoms with E-state index in [1.54, 1.807) is 0 Å². The molecule has 1 aromatic rings. The number of nitrogens with one attached hydrogen (secondary N) is 1. The van der Waals surface area contributed by atoms with Crippen molar-refractivity contribution in [1.82, 2.24) is 10.2 Å². The van der Waals surface area contributed by atoms with E-state index >= 15 is 0 Å². The van der Waals surface area contributed by atoms with E-state index in [0.29, 0.717) is 25.9 Å². The summed E-state index contributed by atoms with van der Waals surface area (Å²) in [7, 11) is 1.89. The molecule has 0 radical (unpaired) electrons. The van der Waals surface area contributed by atoms with Crippen molar-refractivity contribution in [3.63, 3.8) is 0 Å². The van der Waals surface area contributed by atoms with Gasteiger partial charge in [0, 0.05) is 36.5 Å². The van der Waals surface area contributed by atoms with Crippen molar-refractivity contribution < 1.29 is 23.8 Å².